The molecular formula is C13H18N2O6. The van der Waals surface area contributed by atoms with Gasteiger partial charge in [0.25, 0.3) is 0 Å². The molecule has 1 atom stereocenters. The highest BCUT2D eigenvalue weighted by molar-refractivity contribution is 6.29. The van der Waals surface area contributed by atoms with Crippen LogP contribution in [0.5, 0.6) is 0 Å². The molecule has 0 aliphatic heterocycles. The van der Waals surface area contributed by atoms with Crippen molar-refractivity contribution in [2.75, 3.05) is 19.7 Å². The highest BCUT2D eigenvalue weighted by Gasteiger charge is 2.20. The Labute approximate surface area is 122 Å². The van der Waals surface area contributed by atoms with Crippen molar-refractivity contribution in [3.63, 3.8) is 0 Å². The van der Waals surface area contributed by atoms with Crippen LogP contribution >= 0.6 is 0 Å². The van der Waals surface area contributed by atoms with Crippen molar-refractivity contribution >= 4 is 23.8 Å². The van der Waals surface area contributed by atoms with Gasteiger partial charge in [-0.15, -0.1) is 0 Å². The number of hydrogen-bond acceptors (Lipinski definition) is 6. The summed E-state index contributed by atoms with van der Waals surface area (Å²) in [7, 11) is 0. The zero-order chi connectivity index (χ0) is 16.3. The first-order valence-electron chi connectivity index (χ1n) is 6.09. The number of amides is 2. The molecule has 0 aromatic carbocycles. The van der Waals surface area contributed by atoms with Gasteiger partial charge in [0.1, 0.15) is 12.7 Å². The third-order valence-electron chi connectivity index (χ3n) is 2.04. The predicted octanol–water partition coefficient (Wildman–Crippen LogP) is -0.934. The molecule has 0 bridgehead atoms. The number of carbonyl (C=O) groups excluding carboxylic acids is 4. The summed E-state index contributed by atoms with van der Waals surface area (Å²) in [6.07, 6.45) is 1.43. The molecule has 8 nitrogen and oxygen atoms in total. The first-order chi connectivity index (χ1) is 9.90. The fraction of sp³-hybridized carbons (Fsp3) is 0.385. The lowest BCUT2D eigenvalue weighted by Crippen LogP contribution is -2.35. The molecule has 0 aliphatic rings. The molecule has 0 aliphatic carbocycles. The standard InChI is InChI=1S/C13H18N2O6/c1-4-10(16)14-6-7-20-12(18)13(19)21-9(3)8-15-11(17)5-2/h4-5,9H,1-2,6-8H2,3H3,(H,14,16)(H,15,17). The molecule has 0 radical (unpaired) electrons. The highest BCUT2D eigenvalue weighted by Crippen LogP contribution is 1.93. The molecular weight excluding hydrogens is 280 g/mol. The first kappa shape index (κ1) is 18.4. The van der Waals surface area contributed by atoms with E-state index in [0.29, 0.717) is 0 Å². The van der Waals surface area contributed by atoms with E-state index in [1.807, 2.05) is 0 Å². The van der Waals surface area contributed by atoms with Gasteiger partial charge in [-0.3, -0.25) is 9.59 Å². The lowest BCUT2D eigenvalue weighted by Gasteiger charge is -2.12. The molecule has 1 unspecified atom stereocenters. The van der Waals surface area contributed by atoms with Gasteiger partial charge in [0, 0.05) is 0 Å². The molecule has 0 spiro atoms. The molecule has 0 heterocycles. The van der Waals surface area contributed by atoms with Gasteiger partial charge in [0.05, 0.1) is 13.1 Å². The van der Waals surface area contributed by atoms with Gasteiger partial charge < -0.3 is 20.1 Å². The van der Waals surface area contributed by atoms with Crippen LogP contribution in [0.1, 0.15) is 6.92 Å². The van der Waals surface area contributed by atoms with Crippen molar-refractivity contribution in [2.45, 2.75) is 13.0 Å². The van der Waals surface area contributed by atoms with Gasteiger partial charge in [-0.2, -0.15) is 0 Å². The second-order valence-electron chi connectivity index (χ2n) is 3.80. The van der Waals surface area contributed by atoms with E-state index in [2.05, 4.69) is 28.5 Å². The molecule has 0 rings (SSSR count). The maximum Gasteiger partial charge on any atom is 0.417 e. The quantitative estimate of drug-likeness (QED) is 0.259. The molecule has 0 saturated carbocycles. The number of carbonyl (C=O) groups is 4. The van der Waals surface area contributed by atoms with Crippen molar-refractivity contribution in [1.82, 2.24) is 10.6 Å². The number of hydrogen-bond donors (Lipinski definition) is 2. The maximum absolute atomic E-state index is 11.3. The number of ether oxygens (including phenoxy) is 2. The SMILES string of the molecule is C=CC(=O)NCCOC(=O)C(=O)OC(C)CNC(=O)C=C. The molecule has 0 saturated heterocycles. The van der Waals surface area contributed by atoms with Crippen LogP contribution in [0.2, 0.25) is 0 Å². The minimum atomic E-state index is -1.18. The van der Waals surface area contributed by atoms with Gasteiger partial charge in [-0.05, 0) is 19.1 Å². The van der Waals surface area contributed by atoms with E-state index in [0.717, 1.165) is 12.2 Å². The second-order valence-corrected chi connectivity index (χ2v) is 3.80. The topological polar surface area (TPSA) is 111 Å². The Balaban J connectivity index is 3.90. The summed E-state index contributed by atoms with van der Waals surface area (Å²) in [4.78, 5) is 44.2. The van der Waals surface area contributed by atoms with E-state index < -0.39 is 29.9 Å². The Morgan fingerprint density at radius 3 is 2.19 bits per heavy atom. The minimum Gasteiger partial charge on any atom is -0.455 e. The number of rotatable bonds is 8. The fourth-order valence-electron chi connectivity index (χ4n) is 1.04. The molecule has 0 fully saturated rings. The zero-order valence-corrected chi connectivity index (χ0v) is 11.7. The summed E-state index contributed by atoms with van der Waals surface area (Å²) >= 11 is 0. The van der Waals surface area contributed by atoms with Crippen LogP contribution in [0.15, 0.2) is 25.3 Å². The summed E-state index contributed by atoms with van der Waals surface area (Å²) in [5.74, 6) is -3.19. The lowest BCUT2D eigenvalue weighted by molar-refractivity contribution is -0.170. The highest BCUT2D eigenvalue weighted by atomic mass is 16.6. The van der Waals surface area contributed by atoms with Crippen LogP contribution in [0.25, 0.3) is 0 Å². The van der Waals surface area contributed by atoms with Crippen molar-refractivity contribution < 1.29 is 28.7 Å². The monoisotopic (exact) mass is 298 g/mol. The molecule has 21 heavy (non-hydrogen) atoms. The van der Waals surface area contributed by atoms with E-state index in [9.17, 15) is 19.2 Å². The van der Waals surface area contributed by atoms with Crippen molar-refractivity contribution in [1.29, 1.82) is 0 Å². The van der Waals surface area contributed by atoms with Crippen LogP contribution in [0.4, 0.5) is 0 Å². The Kier molecular flexibility index (Phi) is 8.90. The molecule has 8 heteroatoms. The first-order valence-corrected chi connectivity index (χ1v) is 6.09. The Hall–Kier alpha value is -2.64. The third-order valence-corrected chi connectivity index (χ3v) is 2.04. The summed E-state index contributed by atoms with van der Waals surface area (Å²) < 4.78 is 9.32. The van der Waals surface area contributed by atoms with Crippen molar-refractivity contribution in [2.24, 2.45) is 0 Å². The van der Waals surface area contributed by atoms with E-state index in [-0.39, 0.29) is 19.7 Å². The largest absolute Gasteiger partial charge is 0.455 e. The summed E-state index contributed by atoms with van der Waals surface area (Å²) in [5.41, 5.74) is 0. The van der Waals surface area contributed by atoms with Crippen LogP contribution < -0.4 is 10.6 Å². The summed E-state index contributed by atoms with van der Waals surface area (Å²) in [6, 6.07) is 0. The normalized spacial score (nSPS) is 10.7. The van der Waals surface area contributed by atoms with E-state index >= 15 is 0 Å². The van der Waals surface area contributed by atoms with E-state index in [4.69, 9.17) is 4.74 Å². The smallest absolute Gasteiger partial charge is 0.417 e. The molecule has 116 valence electrons. The second kappa shape index (κ2) is 10.2. The lowest BCUT2D eigenvalue weighted by atomic mass is 10.4. The zero-order valence-electron chi connectivity index (χ0n) is 11.7. The number of nitrogens with one attached hydrogen (secondary N) is 2. The van der Waals surface area contributed by atoms with Gasteiger partial charge in [0.2, 0.25) is 11.8 Å². The average molecular weight is 298 g/mol. The Bertz CT molecular complexity index is 432. The number of esters is 2. The van der Waals surface area contributed by atoms with Gasteiger partial charge >= 0.3 is 11.9 Å². The van der Waals surface area contributed by atoms with Crippen molar-refractivity contribution in [3.8, 4) is 0 Å². The van der Waals surface area contributed by atoms with Crippen molar-refractivity contribution in [3.05, 3.63) is 25.3 Å². The van der Waals surface area contributed by atoms with Gasteiger partial charge in [-0.25, -0.2) is 9.59 Å². The fourth-order valence-corrected chi connectivity index (χ4v) is 1.04. The predicted molar refractivity (Wildman–Crippen MR) is 72.9 cm³/mol. The van der Waals surface area contributed by atoms with E-state index in [1.54, 1.807) is 0 Å². The molecule has 0 aromatic heterocycles. The van der Waals surface area contributed by atoms with Crippen LogP contribution in [-0.2, 0) is 28.7 Å². The van der Waals surface area contributed by atoms with E-state index in [1.165, 1.54) is 6.92 Å². The minimum absolute atomic E-state index is 0.0409. The Morgan fingerprint density at radius 1 is 1.05 bits per heavy atom. The molecule has 0 aromatic rings. The van der Waals surface area contributed by atoms with Crippen LogP contribution in [0.3, 0.4) is 0 Å². The molecule has 2 amide bonds. The maximum atomic E-state index is 11.3. The average Bonchev–Trinajstić information content (AvgIpc) is 2.48. The van der Waals surface area contributed by atoms with Gasteiger partial charge in [-0.1, -0.05) is 13.2 Å². The van der Waals surface area contributed by atoms with Gasteiger partial charge in [0.15, 0.2) is 0 Å². The van der Waals surface area contributed by atoms with Crippen LogP contribution in [0, 0.1) is 0 Å². The third kappa shape index (κ3) is 8.98. The summed E-state index contributed by atoms with van der Waals surface area (Å²) in [6.45, 7) is 7.92. The van der Waals surface area contributed by atoms with Crippen LogP contribution in [-0.4, -0.2) is 49.6 Å². The summed E-state index contributed by atoms with van der Waals surface area (Å²) in [5, 5.41) is 4.77. The Morgan fingerprint density at radius 2 is 1.62 bits per heavy atom. The molecule has 2 N–H and O–H groups in total.